The Bertz CT molecular complexity index is 651. The van der Waals surface area contributed by atoms with Crippen LogP contribution in [0.25, 0.3) is 0 Å². The molecule has 2 aromatic carbocycles. The molecule has 120 valence electrons. The predicted molar refractivity (Wildman–Crippen MR) is 93.6 cm³/mol. The monoisotopic (exact) mass is 309 g/mol. The van der Waals surface area contributed by atoms with E-state index in [0.29, 0.717) is 25.2 Å². The van der Waals surface area contributed by atoms with E-state index in [1.54, 1.807) is 0 Å². The van der Waals surface area contributed by atoms with Gasteiger partial charge in [-0.1, -0.05) is 42.5 Å². The van der Waals surface area contributed by atoms with Gasteiger partial charge in [0.25, 0.3) is 0 Å². The predicted octanol–water partition coefficient (Wildman–Crippen LogP) is 2.87. The number of nitrogens with one attached hydrogen (secondary N) is 1. The molecule has 1 fully saturated rings. The van der Waals surface area contributed by atoms with Crippen molar-refractivity contribution in [3.63, 3.8) is 0 Å². The molecule has 2 aromatic rings. The molecular formula is C19H23N3O. The fourth-order valence-electron chi connectivity index (χ4n) is 2.32. The number of nitrogens with two attached hydrogens (primary N) is 1. The van der Waals surface area contributed by atoms with Gasteiger partial charge in [0.05, 0.1) is 0 Å². The summed E-state index contributed by atoms with van der Waals surface area (Å²) in [4.78, 5) is 4.37. The third-order valence-corrected chi connectivity index (χ3v) is 3.76. The molecule has 0 atom stereocenters. The van der Waals surface area contributed by atoms with E-state index >= 15 is 0 Å². The van der Waals surface area contributed by atoms with E-state index in [1.807, 2.05) is 30.3 Å². The van der Waals surface area contributed by atoms with E-state index in [-0.39, 0.29) is 0 Å². The van der Waals surface area contributed by atoms with Gasteiger partial charge in [-0.05, 0) is 42.5 Å². The second-order valence-electron chi connectivity index (χ2n) is 5.86. The fraction of sp³-hybridized carbons (Fsp3) is 0.316. The molecule has 0 spiro atoms. The van der Waals surface area contributed by atoms with Gasteiger partial charge < -0.3 is 15.8 Å². The van der Waals surface area contributed by atoms with Gasteiger partial charge in [-0.15, -0.1) is 0 Å². The Labute approximate surface area is 137 Å². The Morgan fingerprint density at radius 1 is 1.09 bits per heavy atom. The van der Waals surface area contributed by atoms with Crippen LogP contribution < -0.4 is 15.8 Å². The maximum absolute atomic E-state index is 5.85. The minimum Gasteiger partial charge on any atom is -0.489 e. The number of guanidine groups is 1. The van der Waals surface area contributed by atoms with Crippen LogP contribution >= 0.6 is 0 Å². The Morgan fingerprint density at radius 3 is 2.65 bits per heavy atom. The standard InChI is InChI=1S/C19H23N3O/c20-19(22-17-9-10-17)21-12-11-15-7-4-8-18(13-15)23-14-16-5-2-1-3-6-16/h1-8,13,17H,9-12,14H2,(H3,20,21,22). The van der Waals surface area contributed by atoms with Crippen molar-refractivity contribution in [1.29, 1.82) is 0 Å². The molecule has 23 heavy (non-hydrogen) atoms. The van der Waals surface area contributed by atoms with Gasteiger partial charge in [0.15, 0.2) is 5.96 Å². The number of benzene rings is 2. The van der Waals surface area contributed by atoms with E-state index in [0.717, 1.165) is 12.2 Å². The molecule has 4 nitrogen and oxygen atoms in total. The third-order valence-electron chi connectivity index (χ3n) is 3.76. The van der Waals surface area contributed by atoms with Crippen molar-refractivity contribution in [2.24, 2.45) is 10.7 Å². The Morgan fingerprint density at radius 2 is 1.87 bits per heavy atom. The highest BCUT2D eigenvalue weighted by Crippen LogP contribution is 2.18. The highest BCUT2D eigenvalue weighted by atomic mass is 16.5. The number of hydrogen-bond donors (Lipinski definition) is 2. The molecule has 3 N–H and O–H groups in total. The summed E-state index contributed by atoms with van der Waals surface area (Å²) in [6, 6.07) is 18.9. The van der Waals surface area contributed by atoms with Crippen LogP contribution in [0.5, 0.6) is 5.75 Å². The van der Waals surface area contributed by atoms with Crippen LogP contribution in [0.15, 0.2) is 59.6 Å². The summed E-state index contributed by atoms with van der Waals surface area (Å²) in [5.74, 6) is 1.45. The van der Waals surface area contributed by atoms with Crippen molar-refractivity contribution in [1.82, 2.24) is 5.32 Å². The molecule has 1 aliphatic carbocycles. The summed E-state index contributed by atoms with van der Waals surface area (Å²) in [5.41, 5.74) is 8.21. The molecule has 0 amide bonds. The number of hydrogen-bond acceptors (Lipinski definition) is 2. The average Bonchev–Trinajstić information content (AvgIpc) is 3.38. The van der Waals surface area contributed by atoms with Gasteiger partial charge in [-0.25, -0.2) is 0 Å². The van der Waals surface area contributed by atoms with Crippen LogP contribution in [0, 0.1) is 0 Å². The molecule has 0 bridgehead atoms. The maximum Gasteiger partial charge on any atom is 0.188 e. The normalized spacial score (nSPS) is 14.5. The van der Waals surface area contributed by atoms with E-state index < -0.39 is 0 Å². The van der Waals surface area contributed by atoms with Gasteiger partial charge in [0.2, 0.25) is 0 Å². The SMILES string of the molecule is NC(=NCCc1cccc(OCc2ccccc2)c1)NC1CC1. The Hall–Kier alpha value is -2.49. The number of rotatable bonds is 7. The van der Waals surface area contributed by atoms with Crippen LogP contribution in [0.2, 0.25) is 0 Å². The first-order valence-electron chi connectivity index (χ1n) is 8.12. The van der Waals surface area contributed by atoms with E-state index in [9.17, 15) is 0 Å². The van der Waals surface area contributed by atoms with Crippen LogP contribution in [-0.4, -0.2) is 18.5 Å². The summed E-state index contributed by atoms with van der Waals surface area (Å²) in [5, 5.41) is 3.19. The molecule has 4 heteroatoms. The van der Waals surface area contributed by atoms with Crippen molar-refractivity contribution in [3.05, 3.63) is 65.7 Å². The summed E-state index contributed by atoms with van der Waals surface area (Å²) in [6.45, 7) is 1.27. The van der Waals surface area contributed by atoms with Crippen molar-refractivity contribution >= 4 is 5.96 Å². The number of nitrogens with zero attached hydrogens (tertiary/aromatic N) is 1. The molecule has 0 heterocycles. The minimum absolute atomic E-state index is 0.550. The topological polar surface area (TPSA) is 59.6 Å². The second-order valence-corrected chi connectivity index (χ2v) is 5.86. The van der Waals surface area contributed by atoms with Crippen LogP contribution in [-0.2, 0) is 13.0 Å². The van der Waals surface area contributed by atoms with Crippen LogP contribution in [0.4, 0.5) is 0 Å². The molecule has 0 unspecified atom stereocenters. The lowest BCUT2D eigenvalue weighted by molar-refractivity contribution is 0.306. The number of ether oxygens (including phenoxy) is 1. The van der Waals surface area contributed by atoms with E-state index in [4.69, 9.17) is 10.5 Å². The second kappa shape index (κ2) is 7.68. The van der Waals surface area contributed by atoms with Gasteiger partial charge in [0.1, 0.15) is 12.4 Å². The fourth-order valence-corrected chi connectivity index (χ4v) is 2.32. The molecular weight excluding hydrogens is 286 g/mol. The largest absolute Gasteiger partial charge is 0.489 e. The zero-order chi connectivity index (χ0) is 15.9. The average molecular weight is 309 g/mol. The highest BCUT2D eigenvalue weighted by Gasteiger charge is 2.21. The highest BCUT2D eigenvalue weighted by molar-refractivity contribution is 5.78. The van der Waals surface area contributed by atoms with Crippen molar-refractivity contribution in [2.45, 2.75) is 31.9 Å². The molecule has 1 saturated carbocycles. The summed E-state index contributed by atoms with van der Waals surface area (Å²) < 4.78 is 5.85. The molecule has 1 aliphatic rings. The molecule has 0 aromatic heterocycles. The van der Waals surface area contributed by atoms with Gasteiger partial charge in [-0.2, -0.15) is 0 Å². The van der Waals surface area contributed by atoms with Gasteiger partial charge in [0, 0.05) is 12.6 Å². The smallest absolute Gasteiger partial charge is 0.188 e. The summed E-state index contributed by atoms with van der Waals surface area (Å²) in [6.07, 6.45) is 3.27. The van der Waals surface area contributed by atoms with Crippen molar-refractivity contribution < 1.29 is 4.74 Å². The van der Waals surface area contributed by atoms with Crippen LogP contribution in [0.1, 0.15) is 24.0 Å². The minimum atomic E-state index is 0.550. The van der Waals surface area contributed by atoms with Gasteiger partial charge >= 0.3 is 0 Å². The molecule has 3 rings (SSSR count). The first-order chi connectivity index (χ1) is 11.3. The Kier molecular flexibility index (Phi) is 5.14. The molecule has 0 radical (unpaired) electrons. The van der Waals surface area contributed by atoms with Crippen molar-refractivity contribution in [2.75, 3.05) is 6.54 Å². The lowest BCUT2D eigenvalue weighted by Crippen LogP contribution is -2.33. The third kappa shape index (κ3) is 5.33. The lowest BCUT2D eigenvalue weighted by atomic mass is 10.1. The van der Waals surface area contributed by atoms with Gasteiger partial charge in [-0.3, -0.25) is 4.99 Å². The lowest BCUT2D eigenvalue weighted by Gasteiger charge is -2.08. The number of aliphatic imine (C=N–C) groups is 1. The first-order valence-corrected chi connectivity index (χ1v) is 8.12. The molecule has 0 saturated heterocycles. The van der Waals surface area contributed by atoms with Crippen LogP contribution in [0.3, 0.4) is 0 Å². The van der Waals surface area contributed by atoms with E-state index in [2.05, 4.69) is 34.6 Å². The molecule has 0 aliphatic heterocycles. The first kappa shape index (κ1) is 15.4. The zero-order valence-corrected chi connectivity index (χ0v) is 13.2. The van der Waals surface area contributed by atoms with Crippen molar-refractivity contribution in [3.8, 4) is 5.75 Å². The maximum atomic E-state index is 5.85. The van der Waals surface area contributed by atoms with E-state index in [1.165, 1.54) is 24.0 Å². The summed E-state index contributed by atoms with van der Waals surface area (Å²) >= 11 is 0. The quantitative estimate of drug-likeness (QED) is 0.611. The zero-order valence-electron chi connectivity index (χ0n) is 13.2. The summed E-state index contributed by atoms with van der Waals surface area (Å²) in [7, 11) is 0. The Balaban J connectivity index is 1.48.